The van der Waals surface area contributed by atoms with Crippen molar-refractivity contribution in [2.45, 2.75) is 12.7 Å². The molecule has 0 aliphatic carbocycles. The second kappa shape index (κ2) is 4.35. The maximum Gasteiger partial charge on any atom is 0.222 e. The third-order valence-electron chi connectivity index (χ3n) is 2.10. The third-order valence-corrected chi connectivity index (χ3v) is 2.10. The summed E-state index contributed by atoms with van der Waals surface area (Å²) in [6.07, 6.45) is 0.157. The normalized spacial score (nSPS) is 18.0. The van der Waals surface area contributed by atoms with Gasteiger partial charge in [0.15, 0.2) is 0 Å². The van der Waals surface area contributed by atoms with Gasteiger partial charge in [-0.15, -0.1) is 0 Å². The SMILES string of the molecule is O=C(c1ccccc1)C1OCCCO1. The second-order valence-corrected chi connectivity index (χ2v) is 3.16. The summed E-state index contributed by atoms with van der Waals surface area (Å²) in [5.41, 5.74) is 0.638. The largest absolute Gasteiger partial charge is 0.346 e. The molecule has 0 unspecified atom stereocenters. The van der Waals surface area contributed by atoms with Crippen LogP contribution in [0.3, 0.4) is 0 Å². The van der Waals surface area contributed by atoms with Crippen LogP contribution < -0.4 is 0 Å². The number of carbonyl (C=O) groups is 1. The van der Waals surface area contributed by atoms with E-state index in [0.717, 1.165) is 6.42 Å². The highest BCUT2D eigenvalue weighted by Gasteiger charge is 2.23. The predicted molar refractivity (Wildman–Crippen MR) is 51.1 cm³/mol. The fourth-order valence-electron chi connectivity index (χ4n) is 1.38. The van der Waals surface area contributed by atoms with E-state index in [9.17, 15) is 4.79 Å². The summed E-state index contributed by atoms with van der Waals surface area (Å²) in [4.78, 5) is 11.7. The fourth-order valence-corrected chi connectivity index (χ4v) is 1.38. The first-order valence-electron chi connectivity index (χ1n) is 4.70. The standard InChI is InChI=1S/C11H12O3/c12-10(9-5-2-1-3-6-9)11-13-7-4-8-14-11/h1-3,5-6,11H,4,7-8H2. The molecule has 0 bridgehead atoms. The van der Waals surface area contributed by atoms with Crippen LogP contribution in [0.1, 0.15) is 16.8 Å². The Kier molecular flexibility index (Phi) is 2.91. The lowest BCUT2D eigenvalue weighted by atomic mass is 10.1. The Bertz CT molecular complexity index is 302. The molecule has 0 amide bonds. The average molecular weight is 192 g/mol. The van der Waals surface area contributed by atoms with E-state index >= 15 is 0 Å². The Labute approximate surface area is 82.6 Å². The fraction of sp³-hybridized carbons (Fsp3) is 0.364. The molecule has 1 fully saturated rings. The van der Waals surface area contributed by atoms with Crippen molar-refractivity contribution in [3.8, 4) is 0 Å². The van der Waals surface area contributed by atoms with E-state index < -0.39 is 6.29 Å². The lowest BCUT2D eigenvalue weighted by molar-refractivity contribution is -0.150. The summed E-state index contributed by atoms with van der Waals surface area (Å²) in [5, 5.41) is 0. The maximum atomic E-state index is 11.7. The Balaban J connectivity index is 2.07. The van der Waals surface area contributed by atoms with E-state index in [1.165, 1.54) is 0 Å². The van der Waals surface area contributed by atoms with Crippen LogP contribution in [0, 0.1) is 0 Å². The number of hydrogen-bond acceptors (Lipinski definition) is 3. The molecule has 2 rings (SSSR count). The number of rotatable bonds is 2. The minimum absolute atomic E-state index is 0.0923. The van der Waals surface area contributed by atoms with Gasteiger partial charge in [0.1, 0.15) is 0 Å². The molecule has 74 valence electrons. The first-order chi connectivity index (χ1) is 6.88. The quantitative estimate of drug-likeness (QED) is 0.668. The van der Waals surface area contributed by atoms with E-state index in [2.05, 4.69) is 0 Å². The Morgan fingerprint density at radius 3 is 2.43 bits per heavy atom. The summed E-state index contributed by atoms with van der Waals surface area (Å²) in [5.74, 6) is -0.0923. The highest BCUT2D eigenvalue weighted by Crippen LogP contribution is 2.11. The van der Waals surface area contributed by atoms with Gasteiger partial charge in [0.25, 0.3) is 0 Å². The van der Waals surface area contributed by atoms with Crippen LogP contribution in [0.5, 0.6) is 0 Å². The van der Waals surface area contributed by atoms with Crippen molar-refractivity contribution in [1.29, 1.82) is 0 Å². The third kappa shape index (κ3) is 2.00. The van der Waals surface area contributed by atoms with E-state index in [1.54, 1.807) is 12.1 Å². The highest BCUT2D eigenvalue weighted by atomic mass is 16.7. The van der Waals surface area contributed by atoms with Crippen molar-refractivity contribution in [2.75, 3.05) is 13.2 Å². The molecule has 0 saturated carbocycles. The lowest BCUT2D eigenvalue weighted by Crippen LogP contribution is -2.32. The van der Waals surface area contributed by atoms with Crippen molar-refractivity contribution >= 4 is 5.78 Å². The van der Waals surface area contributed by atoms with Gasteiger partial charge in [0, 0.05) is 5.56 Å². The molecule has 1 heterocycles. The zero-order valence-electron chi connectivity index (χ0n) is 7.81. The van der Waals surface area contributed by atoms with Gasteiger partial charge in [0.05, 0.1) is 13.2 Å². The molecular formula is C11H12O3. The Morgan fingerprint density at radius 1 is 1.14 bits per heavy atom. The molecular weight excluding hydrogens is 180 g/mol. The number of ether oxygens (including phenoxy) is 2. The van der Waals surface area contributed by atoms with Crippen molar-refractivity contribution in [3.63, 3.8) is 0 Å². The number of ketones is 1. The summed E-state index contributed by atoms with van der Waals surface area (Å²) in [6.45, 7) is 1.20. The maximum absolute atomic E-state index is 11.7. The molecule has 0 N–H and O–H groups in total. The molecule has 1 aliphatic rings. The van der Waals surface area contributed by atoms with Crippen molar-refractivity contribution < 1.29 is 14.3 Å². The smallest absolute Gasteiger partial charge is 0.222 e. The number of hydrogen-bond donors (Lipinski definition) is 0. The molecule has 1 aliphatic heterocycles. The van der Waals surface area contributed by atoms with E-state index in [-0.39, 0.29) is 5.78 Å². The summed E-state index contributed by atoms with van der Waals surface area (Å²) < 4.78 is 10.4. The van der Waals surface area contributed by atoms with Crippen LogP contribution in [-0.4, -0.2) is 25.3 Å². The van der Waals surface area contributed by atoms with Crippen LogP contribution in [0.4, 0.5) is 0 Å². The minimum atomic E-state index is -0.703. The van der Waals surface area contributed by atoms with Crippen LogP contribution in [-0.2, 0) is 9.47 Å². The highest BCUT2D eigenvalue weighted by molar-refractivity contribution is 5.98. The van der Waals surface area contributed by atoms with Crippen molar-refractivity contribution in [2.24, 2.45) is 0 Å². The molecule has 1 aromatic carbocycles. The second-order valence-electron chi connectivity index (χ2n) is 3.16. The van der Waals surface area contributed by atoms with Crippen LogP contribution in [0.25, 0.3) is 0 Å². The van der Waals surface area contributed by atoms with Crippen LogP contribution >= 0.6 is 0 Å². The zero-order chi connectivity index (χ0) is 9.80. The van der Waals surface area contributed by atoms with Crippen LogP contribution in [0.15, 0.2) is 30.3 Å². The molecule has 1 aromatic rings. The molecule has 1 saturated heterocycles. The monoisotopic (exact) mass is 192 g/mol. The Hall–Kier alpha value is -1.19. The number of benzene rings is 1. The topological polar surface area (TPSA) is 35.5 Å². The molecule has 0 radical (unpaired) electrons. The van der Waals surface area contributed by atoms with Gasteiger partial charge < -0.3 is 9.47 Å². The van der Waals surface area contributed by atoms with E-state index in [4.69, 9.17) is 9.47 Å². The molecule has 14 heavy (non-hydrogen) atoms. The first-order valence-corrected chi connectivity index (χ1v) is 4.70. The van der Waals surface area contributed by atoms with E-state index in [0.29, 0.717) is 18.8 Å². The predicted octanol–water partition coefficient (Wildman–Crippen LogP) is 1.63. The molecule has 0 atom stereocenters. The van der Waals surface area contributed by atoms with Gasteiger partial charge in [-0.1, -0.05) is 30.3 Å². The summed E-state index contributed by atoms with van der Waals surface area (Å²) in [7, 11) is 0. The van der Waals surface area contributed by atoms with Gasteiger partial charge >= 0.3 is 0 Å². The molecule has 3 heteroatoms. The van der Waals surface area contributed by atoms with Gasteiger partial charge in [-0.3, -0.25) is 4.79 Å². The van der Waals surface area contributed by atoms with Gasteiger partial charge in [0.2, 0.25) is 12.1 Å². The molecule has 0 spiro atoms. The molecule has 3 nitrogen and oxygen atoms in total. The van der Waals surface area contributed by atoms with Crippen molar-refractivity contribution in [1.82, 2.24) is 0 Å². The summed E-state index contributed by atoms with van der Waals surface area (Å²) >= 11 is 0. The van der Waals surface area contributed by atoms with Crippen molar-refractivity contribution in [3.05, 3.63) is 35.9 Å². The first kappa shape index (κ1) is 9.37. The lowest BCUT2D eigenvalue weighted by Gasteiger charge is -2.21. The summed E-state index contributed by atoms with van der Waals surface area (Å²) in [6, 6.07) is 9.07. The number of carbonyl (C=O) groups excluding carboxylic acids is 1. The van der Waals surface area contributed by atoms with Gasteiger partial charge in [-0.2, -0.15) is 0 Å². The van der Waals surface area contributed by atoms with Gasteiger partial charge in [-0.25, -0.2) is 0 Å². The number of Topliss-reactive ketones (excluding diaryl/α,β-unsaturated/α-hetero) is 1. The van der Waals surface area contributed by atoms with Gasteiger partial charge in [-0.05, 0) is 6.42 Å². The molecule has 0 aromatic heterocycles. The Morgan fingerprint density at radius 2 is 1.79 bits per heavy atom. The van der Waals surface area contributed by atoms with Crippen LogP contribution in [0.2, 0.25) is 0 Å². The van der Waals surface area contributed by atoms with E-state index in [1.807, 2.05) is 18.2 Å². The zero-order valence-corrected chi connectivity index (χ0v) is 7.81. The minimum Gasteiger partial charge on any atom is -0.346 e. The average Bonchev–Trinajstić information content (AvgIpc) is 2.30.